The summed E-state index contributed by atoms with van der Waals surface area (Å²) in [5.74, 6) is 0.809. The zero-order valence-electron chi connectivity index (χ0n) is 11.2. The number of methoxy groups -OCH3 is 1. The number of hydrogen-bond acceptors (Lipinski definition) is 4. The van der Waals surface area contributed by atoms with Crippen molar-refractivity contribution in [2.45, 2.75) is 31.2 Å². The van der Waals surface area contributed by atoms with Gasteiger partial charge in [-0.05, 0) is 30.5 Å². The van der Waals surface area contributed by atoms with Crippen LogP contribution >= 0.6 is 0 Å². The van der Waals surface area contributed by atoms with Crippen molar-refractivity contribution in [2.75, 3.05) is 20.3 Å². The maximum atomic E-state index is 10.7. The molecule has 2 rings (SSSR count). The Morgan fingerprint density at radius 2 is 1.89 bits per heavy atom. The Bertz CT molecular complexity index is 443. The van der Waals surface area contributed by atoms with E-state index in [1.165, 1.54) is 0 Å². The first-order chi connectivity index (χ1) is 9.30. The smallest absolute Gasteiger partial charge is 0.235 e. The Hall–Kier alpha value is -1.64. The van der Waals surface area contributed by atoms with Gasteiger partial charge >= 0.3 is 0 Å². The average molecular weight is 261 g/mol. The maximum absolute atomic E-state index is 10.7. The molecule has 0 amide bonds. The topological polar surface area (TPSA) is 47.9 Å². The quantitative estimate of drug-likeness (QED) is 0.449. The number of carbonyl (C=O) groups excluding carboxylic acids is 1. The van der Waals surface area contributed by atoms with E-state index < -0.39 is 0 Å². The van der Waals surface area contributed by atoms with E-state index in [1.54, 1.807) is 13.2 Å². The lowest BCUT2D eigenvalue weighted by atomic mass is 9.89. The van der Waals surface area contributed by atoms with Crippen LogP contribution in [0.25, 0.3) is 0 Å². The van der Waals surface area contributed by atoms with Crippen LogP contribution in [0.3, 0.4) is 0 Å². The van der Waals surface area contributed by atoms with Gasteiger partial charge in [0.1, 0.15) is 12.4 Å². The molecule has 1 saturated carbocycles. The summed E-state index contributed by atoms with van der Waals surface area (Å²) in [6.07, 6.45) is 5.79. The van der Waals surface area contributed by atoms with Gasteiger partial charge in [-0.3, -0.25) is 0 Å². The summed E-state index contributed by atoms with van der Waals surface area (Å²) in [7, 11) is 1.65. The van der Waals surface area contributed by atoms with Gasteiger partial charge in [-0.2, -0.15) is 4.99 Å². The number of aliphatic imine (C=N–C) groups is 1. The van der Waals surface area contributed by atoms with Crippen LogP contribution in [-0.4, -0.2) is 26.4 Å². The van der Waals surface area contributed by atoms with Gasteiger partial charge in [-0.1, -0.05) is 25.0 Å². The zero-order chi connectivity index (χ0) is 13.6. The predicted molar refractivity (Wildman–Crippen MR) is 72.1 cm³/mol. The molecule has 4 heteroatoms. The molecule has 0 N–H and O–H groups in total. The van der Waals surface area contributed by atoms with Crippen LogP contribution in [0.2, 0.25) is 0 Å². The van der Waals surface area contributed by atoms with Crippen LogP contribution in [0.4, 0.5) is 0 Å². The molecule has 1 aliphatic carbocycles. The van der Waals surface area contributed by atoms with Crippen molar-refractivity contribution in [1.29, 1.82) is 0 Å². The molecule has 0 aliphatic heterocycles. The Kier molecular flexibility index (Phi) is 4.72. The van der Waals surface area contributed by atoms with E-state index in [0.29, 0.717) is 13.2 Å². The van der Waals surface area contributed by atoms with Crippen LogP contribution in [0.5, 0.6) is 5.75 Å². The molecule has 4 nitrogen and oxygen atoms in total. The summed E-state index contributed by atoms with van der Waals surface area (Å²) in [5.41, 5.74) is 0.722. The lowest BCUT2D eigenvalue weighted by Crippen LogP contribution is -2.18. The minimum absolute atomic E-state index is 0.354. The van der Waals surface area contributed by atoms with Gasteiger partial charge in [-0.15, -0.1) is 0 Å². The number of hydrogen-bond donors (Lipinski definition) is 0. The van der Waals surface area contributed by atoms with E-state index in [-0.39, 0.29) is 5.54 Å². The molecule has 0 spiro atoms. The first-order valence-corrected chi connectivity index (χ1v) is 6.62. The number of isocyanates is 1. The Labute approximate surface area is 113 Å². The normalized spacial score (nSPS) is 16.9. The summed E-state index contributed by atoms with van der Waals surface area (Å²) in [4.78, 5) is 14.7. The Balaban J connectivity index is 2.10. The molecule has 0 radical (unpaired) electrons. The third-order valence-electron chi connectivity index (χ3n) is 3.64. The second kappa shape index (κ2) is 6.50. The average Bonchev–Trinajstić information content (AvgIpc) is 2.90. The van der Waals surface area contributed by atoms with Gasteiger partial charge in [0.05, 0.1) is 12.1 Å². The molecular formula is C15H19NO3. The lowest BCUT2D eigenvalue weighted by molar-refractivity contribution is 0.146. The number of rotatable bonds is 6. The maximum Gasteiger partial charge on any atom is 0.235 e. The van der Waals surface area contributed by atoms with Crippen LogP contribution in [-0.2, 0) is 15.1 Å². The third-order valence-corrected chi connectivity index (χ3v) is 3.64. The first-order valence-electron chi connectivity index (χ1n) is 6.62. The van der Waals surface area contributed by atoms with Crippen molar-refractivity contribution in [3.05, 3.63) is 29.8 Å². The molecule has 1 fully saturated rings. The fraction of sp³-hybridized carbons (Fsp3) is 0.533. The molecule has 102 valence electrons. The van der Waals surface area contributed by atoms with Gasteiger partial charge in [0.15, 0.2) is 0 Å². The molecule has 0 bridgehead atoms. The Morgan fingerprint density at radius 1 is 1.21 bits per heavy atom. The molecule has 1 aromatic rings. The molecule has 1 aromatic carbocycles. The van der Waals surface area contributed by atoms with Gasteiger partial charge < -0.3 is 9.47 Å². The van der Waals surface area contributed by atoms with E-state index >= 15 is 0 Å². The second-order valence-electron chi connectivity index (χ2n) is 4.81. The second-order valence-corrected chi connectivity index (χ2v) is 4.81. The van der Waals surface area contributed by atoms with E-state index in [1.807, 2.05) is 24.3 Å². The van der Waals surface area contributed by atoms with Crippen LogP contribution in [0.15, 0.2) is 29.3 Å². The molecular weight excluding hydrogens is 242 g/mol. The van der Waals surface area contributed by atoms with Crippen molar-refractivity contribution in [1.82, 2.24) is 0 Å². The summed E-state index contributed by atoms with van der Waals surface area (Å²) in [5, 5.41) is 0. The standard InChI is InChI=1S/C15H19NO3/c1-18-10-11-19-14-6-4-13(5-7-14)15(16-12-17)8-2-3-9-15/h4-7H,2-3,8-11H2,1H3. The highest BCUT2D eigenvalue weighted by Gasteiger charge is 2.35. The predicted octanol–water partition coefficient (Wildman–Crippen LogP) is 2.82. The highest BCUT2D eigenvalue weighted by atomic mass is 16.5. The van der Waals surface area contributed by atoms with E-state index in [9.17, 15) is 4.79 Å². The Morgan fingerprint density at radius 3 is 2.47 bits per heavy atom. The number of nitrogens with zero attached hydrogens (tertiary/aromatic N) is 1. The molecule has 0 aromatic heterocycles. The number of ether oxygens (including phenoxy) is 2. The minimum Gasteiger partial charge on any atom is -0.491 e. The van der Waals surface area contributed by atoms with Crippen molar-refractivity contribution >= 4 is 6.08 Å². The zero-order valence-corrected chi connectivity index (χ0v) is 11.2. The van der Waals surface area contributed by atoms with Gasteiger partial charge in [0, 0.05) is 7.11 Å². The monoisotopic (exact) mass is 261 g/mol. The molecule has 0 unspecified atom stereocenters. The van der Waals surface area contributed by atoms with Crippen LogP contribution in [0, 0.1) is 0 Å². The van der Waals surface area contributed by atoms with E-state index in [4.69, 9.17) is 9.47 Å². The van der Waals surface area contributed by atoms with Crippen molar-refractivity contribution < 1.29 is 14.3 Å². The fourth-order valence-electron chi connectivity index (χ4n) is 2.62. The number of benzene rings is 1. The van der Waals surface area contributed by atoms with Gasteiger partial charge in [-0.25, -0.2) is 4.79 Å². The summed E-state index contributed by atoms with van der Waals surface area (Å²) in [6.45, 7) is 1.11. The first kappa shape index (κ1) is 13.8. The fourth-order valence-corrected chi connectivity index (χ4v) is 2.62. The van der Waals surface area contributed by atoms with Gasteiger partial charge in [0.2, 0.25) is 6.08 Å². The SMILES string of the molecule is COCCOc1ccc(C2(N=C=O)CCCC2)cc1. The largest absolute Gasteiger partial charge is 0.491 e. The summed E-state index contributed by atoms with van der Waals surface area (Å²) < 4.78 is 10.5. The highest BCUT2D eigenvalue weighted by Crippen LogP contribution is 2.42. The van der Waals surface area contributed by atoms with Crippen LogP contribution in [0.1, 0.15) is 31.2 Å². The third kappa shape index (κ3) is 3.22. The highest BCUT2D eigenvalue weighted by molar-refractivity contribution is 5.40. The van der Waals surface area contributed by atoms with Crippen molar-refractivity contribution in [3.63, 3.8) is 0 Å². The molecule has 1 aliphatic rings. The molecule has 0 saturated heterocycles. The van der Waals surface area contributed by atoms with Gasteiger partial charge in [0.25, 0.3) is 0 Å². The van der Waals surface area contributed by atoms with E-state index in [0.717, 1.165) is 37.0 Å². The van der Waals surface area contributed by atoms with Crippen molar-refractivity contribution in [2.24, 2.45) is 4.99 Å². The summed E-state index contributed by atoms with van der Waals surface area (Å²) >= 11 is 0. The minimum atomic E-state index is -0.354. The summed E-state index contributed by atoms with van der Waals surface area (Å²) in [6, 6.07) is 7.83. The van der Waals surface area contributed by atoms with Crippen molar-refractivity contribution in [3.8, 4) is 5.75 Å². The molecule has 0 atom stereocenters. The van der Waals surface area contributed by atoms with E-state index in [2.05, 4.69) is 4.99 Å². The molecule has 19 heavy (non-hydrogen) atoms. The lowest BCUT2D eigenvalue weighted by Gasteiger charge is -2.22. The van der Waals surface area contributed by atoms with Crippen LogP contribution < -0.4 is 4.74 Å². The molecule has 0 heterocycles.